The number of phenolic OH excluding ortho intramolecular Hbond substituents is 2. The fraction of sp³-hybridized carbons (Fsp3) is 0.259. The van der Waals surface area contributed by atoms with Crippen LogP contribution in [0.4, 0.5) is 0 Å². The number of carbonyl (C=O) groups is 2. The molecule has 11 nitrogen and oxygen atoms in total. The van der Waals surface area contributed by atoms with E-state index in [0.29, 0.717) is 16.5 Å². The summed E-state index contributed by atoms with van der Waals surface area (Å²) >= 11 is 0. The lowest BCUT2D eigenvalue weighted by Crippen LogP contribution is -2.60. The molecule has 1 saturated heterocycles. The highest BCUT2D eigenvalue weighted by atomic mass is 16.7. The van der Waals surface area contributed by atoms with Gasteiger partial charge in [0.2, 0.25) is 6.29 Å². The maximum Gasteiger partial charge on any atom is 0.342 e. The van der Waals surface area contributed by atoms with E-state index in [2.05, 4.69) is 0 Å². The molecule has 198 valence electrons. The van der Waals surface area contributed by atoms with Crippen LogP contribution in [0.5, 0.6) is 17.2 Å². The number of fused-ring (bicyclic) bond motifs is 2. The number of esters is 2. The van der Waals surface area contributed by atoms with Crippen molar-refractivity contribution >= 4 is 28.8 Å². The fourth-order valence-corrected chi connectivity index (χ4v) is 4.35. The maximum atomic E-state index is 12.2. The molecule has 0 spiro atoms. The molecule has 5 atom stereocenters. The zero-order chi connectivity index (χ0) is 27.0. The van der Waals surface area contributed by atoms with Gasteiger partial charge in [0.1, 0.15) is 60.4 Å². The molecule has 2 aliphatic heterocycles. The smallest absolute Gasteiger partial charge is 0.342 e. The van der Waals surface area contributed by atoms with Crippen molar-refractivity contribution in [2.24, 2.45) is 0 Å². The van der Waals surface area contributed by atoms with Gasteiger partial charge < -0.3 is 44.5 Å². The molecule has 5 rings (SSSR count). The Balaban J connectivity index is 1.31. The molecule has 3 aromatic carbocycles. The van der Waals surface area contributed by atoms with Crippen LogP contribution in [0, 0.1) is 0 Å². The summed E-state index contributed by atoms with van der Waals surface area (Å²) in [6.45, 7) is -0.439. The van der Waals surface area contributed by atoms with E-state index in [1.165, 1.54) is 24.3 Å². The van der Waals surface area contributed by atoms with Crippen molar-refractivity contribution in [3.05, 3.63) is 71.3 Å². The average molecular weight is 524 g/mol. The average Bonchev–Trinajstić information content (AvgIpc) is 3.28. The third-order valence-electron chi connectivity index (χ3n) is 6.35. The molecular formula is C27H24O11. The third-order valence-corrected chi connectivity index (χ3v) is 6.35. The van der Waals surface area contributed by atoms with Crippen LogP contribution in [-0.4, -0.2) is 74.8 Å². The van der Waals surface area contributed by atoms with E-state index in [4.69, 9.17) is 18.9 Å². The second kappa shape index (κ2) is 10.3. The Morgan fingerprint density at radius 2 is 1.79 bits per heavy atom. The Kier molecular flexibility index (Phi) is 6.91. The number of aromatic hydroxyl groups is 2. The van der Waals surface area contributed by atoms with Crippen molar-refractivity contribution in [3.63, 3.8) is 0 Å². The van der Waals surface area contributed by atoms with Gasteiger partial charge in [0.25, 0.3) is 0 Å². The van der Waals surface area contributed by atoms with Gasteiger partial charge >= 0.3 is 11.9 Å². The third kappa shape index (κ3) is 4.87. The highest BCUT2D eigenvalue weighted by Crippen LogP contribution is 2.41. The number of hydrogen-bond acceptors (Lipinski definition) is 11. The predicted molar refractivity (Wildman–Crippen MR) is 130 cm³/mol. The van der Waals surface area contributed by atoms with E-state index in [1.807, 2.05) is 0 Å². The molecule has 0 radical (unpaired) electrons. The molecule has 0 unspecified atom stereocenters. The molecule has 11 heteroatoms. The van der Waals surface area contributed by atoms with Gasteiger partial charge in [0, 0.05) is 11.6 Å². The number of benzene rings is 3. The van der Waals surface area contributed by atoms with E-state index >= 15 is 0 Å². The Hall–Kier alpha value is -4.16. The van der Waals surface area contributed by atoms with Gasteiger partial charge in [-0.05, 0) is 41.3 Å². The lowest BCUT2D eigenvalue weighted by atomic mass is 9.98. The van der Waals surface area contributed by atoms with Crippen LogP contribution in [-0.2, 0) is 25.6 Å². The van der Waals surface area contributed by atoms with E-state index in [9.17, 15) is 35.1 Å². The second-order valence-corrected chi connectivity index (χ2v) is 8.88. The molecule has 3 aromatic rings. The van der Waals surface area contributed by atoms with Gasteiger partial charge in [-0.15, -0.1) is 0 Å². The van der Waals surface area contributed by atoms with Crippen molar-refractivity contribution in [1.29, 1.82) is 0 Å². The van der Waals surface area contributed by atoms with Crippen molar-refractivity contribution in [1.82, 2.24) is 0 Å². The zero-order valence-electron chi connectivity index (χ0n) is 19.8. The molecule has 0 bridgehead atoms. The first-order valence-corrected chi connectivity index (χ1v) is 11.7. The number of carbonyl (C=O) groups excluding carboxylic acids is 2. The molecule has 1 fully saturated rings. The van der Waals surface area contributed by atoms with Gasteiger partial charge in [0.15, 0.2) is 0 Å². The number of rotatable bonds is 6. The molecular weight excluding hydrogens is 500 g/mol. The highest BCUT2D eigenvalue weighted by Gasteiger charge is 2.45. The van der Waals surface area contributed by atoms with E-state index in [-0.39, 0.29) is 34.8 Å². The minimum absolute atomic E-state index is 0.0132. The standard InChI is InChI=1S/C27H24O11/c28-16-7-4-13(5-8-16)6-9-19(29)35-12-18-22(30)24(32)25(33)27(38-18)37-17-3-1-2-14-10-15-11-36-26(34)21(15)23(31)20(14)17/h1-10,18,22,24-25,27-28,30-33H,11-12H2/b9-6+/t18-,22-,24+,25-,27-/m1/s1. The summed E-state index contributed by atoms with van der Waals surface area (Å²) in [6, 6.07) is 12.6. The summed E-state index contributed by atoms with van der Waals surface area (Å²) in [7, 11) is 0. The molecule has 0 saturated carbocycles. The largest absolute Gasteiger partial charge is 0.508 e. The van der Waals surface area contributed by atoms with Crippen LogP contribution in [0.3, 0.4) is 0 Å². The molecule has 5 N–H and O–H groups in total. The van der Waals surface area contributed by atoms with Gasteiger partial charge in [-0.2, -0.15) is 0 Å². The molecule has 0 amide bonds. The van der Waals surface area contributed by atoms with E-state index in [1.54, 1.807) is 30.3 Å². The fourth-order valence-electron chi connectivity index (χ4n) is 4.35. The molecule has 0 aromatic heterocycles. The van der Waals surface area contributed by atoms with Crippen molar-refractivity contribution in [2.45, 2.75) is 37.3 Å². The zero-order valence-corrected chi connectivity index (χ0v) is 19.8. The van der Waals surface area contributed by atoms with Crippen LogP contribution in [0.1, 0.15) is 21.5 Å². The summed E-state index contributed by atoms with van der Waals surface area (Å²) in [5.74, 6) is -1.67. The monoisotopic (exact) mass is 524 g/mol. The summed E-state index contributed by atoms with van der Waals surface area (Å²) < 4.78 is 21.6. The highest BCUT2D eigenvalue weighted by molar-refractivity contribution is 6.06. The van der Waals surface area contributed by atoms with Crippen LogP contribution in [0.2, 0.25) is 0 Å². The summed E-state index contributed by atoms with van der Waals surface area (Å²) in [5.41, 5.74) is 1.17. The van der Waals surface area contributed by atoms with Crippen LogP contribution >= 0.6 is 0 Å². The lowest BCUT2D eigenvalue weighted by molar-refractivity contribution is -0.278. The first-order chi connectivity index (χ1) is 18.2. The maximum absolute atomic E-state index is 12.2. The number of cyclic esters (lactones) is 1. The lowest BCUT2D eigenvalue weighted by Gasteiger charge is -2.40. The Labute approximate surface area is 215 Å². The molecule has 2 heterocycles. The number of aliphatic hydroxyl groups is 3. The number of ether oxygens (including phenoxy) is 4. The molecule has 0 aliphatic carbocycles. The second-order valence-electron chi connectivity index (χ2n) is 8.88. The Morgan fingerprint density at radius 3 is 2.55 bits per heavy atom. The van der Waals surface area contributed by atoms with Crippen LogP contribution in [0.25, 0.3) is 16.8 Å². The molecule has 38 heavy (non-hydrogen) atoms. The minimum Gasteiger partial charge on any atom is -0.508 e. The van der Waals surface area contributed by atoms with E-state index < -0.39 is 49.3 Å². The SMILES string of the molecule is O=C(/C=C/c1ccc(O)cc1)OC[C@H]1O[C@@H](Oc2cccc3cc4c(c(O)c23)C(=O)OC4)[C@H](O)[C@@H](O)[C@@H]1O. The number of aliphatic hydroxyl groups excluding tert-OH is 3. The Bertz CT molecular complexity index is 1400. The summed E-state index contributed by atoms with van der Waals surface area (Å²) in [5, 5.41) is 52.1. The van der Waals surface area contributed by atoms with E-state index in [0.717, 1.165) is 6.08 Å². The van der Waals surface area contributed by atoms with Gasteiger partial charge in [-0.3, -0.25) is 0 Å². The summed E-state index contributed by atoms with van der Waals surface area (Å²) in [4.78, 5) is 24.2. The van der Waals surface area contributed by atoms with Crippen molar-refractivity contribution < 1.29 is 54.1 Å². The summed E-state index contributed by atoms with van der Waals surface area (Å²) in [6.07, 6.45) is -5.16. The van der Waals surface area contributed by atoms with Crippen molar-refractivity contribution in [3.8, 4) is 17.2 Å². The predicted octanol–water partition coefficient (Wildman–Crippen LogP) is 1.36. The van der Waals surface area contributed by atoms with Gasteiger partial charge in [0.05, 0.1) is 5.39 Å². The quantitative estimate of drug-likeness (QED) is 0.233. The topological polar surface area (TPSA) is 172 Å². The van der Waals surface area contributed by atoms with Gasteiger partial charge in [-0.25, -0.2) is 9.59 Å². The van der Waals surface area contributed by atoms with Crippen LogP contribution < -0.4 is 4.74 Å². The minimum atomic E-state index is -1.70. The number of hydrogen-bond donors (Lipinski definition) is 5. The van der Waals surface area contributed by atoms with Crippen molar-refractivity contribution in [2.75, 3.05) is 6.61 Å². The Morgan fingerprint density at radius 1 is 1.03 bits per heavy atom. The first-order valence-electron chi connectivity index (χ1n) is 11.7. The normalized spacial score (nSPS) is 24.8. The molecule has 2 aliphatic rings. The first kappa shape index (κ1) is 25.5. The van der Waals surface area contributed by atoms with Gasteiger partial charge in [-0.1, -0.05) is 24.3 Å². The number of phenols is 2. The van der Waals surface area contributed by atoms with Crippen LogP contribution in [0.15, 0.2) is 54.6 Å².